The standard InChI is InChI=1S/C16H18N4O2S/c1-11-8-12(2)20(19-11)9-15-17-18-16(22-15)23-10-13-4-6-14(21-3)7-5-13/h4-8H,9-10H2,1-3H3. The fourth-order valence-corrected chi connectivity index (χ4v) is 2.93. The van der Waals surface area contributed by atoms with Crippen molar-refractivity contribution in [2.24, 2.45) is 0 Å². The molecule has 0 bridgehead atoms. The molecule has 0 atom stereocenters. The summed E-state index contributed by atoms with van der Waals surface area (Å²) in [5, 5.41) is 13.1. The molecule has 0 radical (unpaired) electrons. The summed E-state index contributed by atoms with van der Waals surface area (Å²) in [6, 6.07) is 9.96. The monoisotopic (exact) mass is 330 g/mol. The molecule has 0 aliphatic heterocycles. The molecule has 1 aromatic carbocycles. The van der Waals surface area contributed by atoms with Gasteiger partial charge in [-0.25, -0.2) is 0 Å². The molecule has 0 aliphatic rings. The van der Waals surface area contributed by atoms with Gasteiger partial charge in [0.2, 0.25) is 5.89 Å². The summed E-state index contributed by atoms with van der Waals surface area (Å²) in [7, 11) is 1.66. The second-order valence-corrected chi connectivity index (χ2v) is 6.11. The largest absolute Gasteiger partial charge is 0.497 e. The van der Waals surface area contributed by atoms with E-state index in [1.807, 2.05) is 48.9 Å². The van der Waals surface area contributed by atoms with Gasteiger partial charge in [0.15, 0.2) is 0 Å². The van der Waals surface area contributed by atoms with Crippen molar-refractivity contribution in [2.75, 3.05) is 7.11 Å². The Hall–Kier alpha value is -2.28. The molecule has 0 spiro atoms. The van der Waals surface area contributed by atoms with Gasteiger partial charge in [0.05, 0.1) is 12.8 Å². The topological polar surface area (TPSA) is 66.0 Å². The van der Waals surface area contributed by atoms with Crippen molar-refractivity contribution in [3.05, 3.63) is 53.2 Å². The molecule has 0 unspecified atom stereocenters. The van der Waals surface area contributed by atoms with Crippen molar-refractivity contribution in [1.82, 2.24) is 20.0 Å². The van der Waals surface area contributed by atoms with Crippen LogP contribution < -0.4 is 4.74 Å². The van der Waals surface area contributed by atoms with Crippen LogP contribution in [0.5, 0.6) is 5.75 Å². The minimum atomic E-state index is 0.496. The van der Waals surface area contributed by atoms with Crippen LogP contribution in [0.25, 0.3) is 0 Å². The maximum Gasteiger partial charge on any atom is 0.276 e. The number of rotatable bonds is 6. The van der Waals surface area contributed by atoms with Crippen LogP contribution in [0, 0.1) is 13.8 Å². The lowest BCUT2D eigenvalue weighted by Crippen LogP contribution is -2.04. The Labute approximate surface area is 138 Å². The fourth-order valence-electron chi connectivity index (χ4n) is 2.19. The van der Waals surface area contributed by atoms with Gasteiger partial charge >= 0.3 is 0 Å². The number of nitrogens with zero attached hydrogens (tertiary/aromatic N) is 4. The Kier molecular flexibility index (Phi) is 4.66. The molecule has 3 aromatic rings. The molecule has 0 fully saturated rings. The SMILES string of the molecule is COc1ccc(CSc2nnc(Cn3nc(C)cc3C)o2)cc1. The van der Waals surface area contributed by atoms with Crippen LogP contribution in [-0.2, 0) is 12.3 Å². The van der Waals surface area contributed by atoms with Crippen molar-refractivity contribution in [1.29, 1.82) is 0 Å². The summed E-state index contributed by atoms with van der Waals surface area (Å²) in [4.78, 5) is 0. The molecule has 0 saturated heterocycles. The molecule has 0 N–H and O–H groups in total. The van der Waals surface area contributed by atoms with Crippen molar-refractivity contribution in [3.8, 4) is 5.75 Å². The van der Waals surface area contributed by atoms with Gasteiger partial charge in [-0.2, -0.15) is 5.10 Å². The van der Waals surface area contributed by atoms with Crippen molar-refractivity contribution < 1.29 is 9.15 Å². The van der Waals surface area contributed by atoms with E-state index in [0.717, 1.165) is 22.9 Å². The summed E-state index contributed by atoms with van der Waals surface area (Å²) in [6.45, 7) is 4.47. The quantitative estimate of drug-likeness (QED) is 0.647. The van der Waals surface area contributed by atoms with E-state index in [4.69, 9.17) is 9.15 Å². The molecule has 6 nitrogen and oxygen atoms in total. The first-order chi connectivity index (χ1) is 11.1. The van der Waals surface area contributed by atoms with Crippen molar-refractivity contribution >= 4 is 11.8 Å². The minimum absolute atomic E-state index is 0.496. The highest BCUT2D eigenvalue weighted by molar-refractivity contribution is 7.98. The first-order valence-corrected chi connectivity index (χ1v) is 8.22. The van der Waals surface area contributed by atoms with E-state index < -0.39 is 0 Å². The zero-order valence-corrected chi connectivity index (χ0v) is 14.1. The van der Waals surface area contributed by atoms with E-state index in [-0.39, 0.29) is 0 Å². The number of benzene rings is 1. The first kappa shape index (κ1) is 15.6. The Balaban J connectivity index is 1.59. The molecule has 0 saturated carbocycles. The maximum atomic E-state index is 5.67. The van der Waals surface area contributed by atoms with Gasteiger partial charge in [-0.05, 0) is 37.6 Å². The van der Waals surface area contributed by atoms with E-state index in [0.29, 0.717) is 17.7 Å². The van der Waals surface area contributed by atoms with Gasteiger partial charge in [0, 0.05) is 11.4 Å². The van der Waals surface area contributed by atoms with Gasteiger partial charge < -0.3 is 9.15 Å². The molecule has 2 heterocycles. The van der Waals surface area contributed by atoms with Gasteiger partial charge in [0.25, 0.3) is 5.22 Å². The molecular formula is C16H18N4O2S. The van der Waals surface area contributed by atoms with E-state index in [1.165, 1.54) is 17.3 Å². The Morgan fingerprint density at radius 2 is 1.96 bits per heavy atom. The second kappa shape index (κ2) is 6.87. The first-order valence-electron chi connectivity index (χ1n) is 7.23. The summed E-state index contributed by atoms with van der Waals surface area (Å²) >= 11 is 1.52. The van der Waals surface area contributed by atoms with Crippen LogP contribution in [0.3, 0.4) is 0 Å². The van der Waals surface area contributed by atoms with Gasteiger partial charge in [0.1, 0.15) is 12.3 Å². The highest BCUT2D eigenvalue weighted by Gasteiger charge is 2.10. The van der Waals surface area contributed by atoms with Crippen LogP contribution in [0.4, 0.5) is 0 Å². The lowest BCUT2D eigenvalue weighted by molar-refractivity contribution is 0.396. The summed E-state index contributed by atoms with van der Waals surface area (Å²) in [5.41, 5.74) is 3.23. The normalized spacial score (nSPS) is 10.9. The zero-order chi connectivity index (χ0) is 16.2. The van der Waals surface area contributed by atoms with Gasteiger partial charge in [-0.3, -0.25) is 4.68 Å². The van der Waals surface area contributed by atoms with Crippen LogP contribution in [-0.4, -0.2) is 27.1 Å². The third-order valence-corrected chi connectivity index (χ3v) is 4.25. The fraction of sp³-hybridized carbons (Fsp3) is 0.312. The van der Waals surface area contributed by atoms with Gasteiger partial charge in [-0.1, -0.05) is 23.9 Å². The lowest BCUT2D eigenvalue weighted by Gasteiger charge is -2.01. The molecule has 3 rings (SSSR count). The molecule has 7 heteroatoms. The molecule has 0 aliphatic carbocycles. The highest BCUT2D eigenvalue weighted by atomic mass is 32.2. The highest BCUT2D eigenvalue weighted by Crippen LogP contribution is 2.23. The average Bonchev–Trinajstić information content (AvgIpc) is 3.12. The predicted octanol–water partition coefficient (Wildman–Crippen LogP) is 3.23. The third kappa shape index (κ3) is 3.92. The molecule has 2 aromatic heterocycles. The number of methoxy groups -OCH3 is 1. The van der Waals surface area contributed by atoms with Crippen LogP contribution in [0.15, 0.2) is 40.0 Å². The summed E-state index contributed by atoms with van der Waals surface area (Å²) in [5.74, 6) is 2.18. The predicted molar refractivity (Wildman–Crippen MR) is 87.7 cm³/mol. The minimum Gasteiger partial charge on any atom is -0.497 e. The molecule has 0 amide bonds. The zero-order valence-electron chi connectivity index (χ0n) is 13.3. The number of hydrogen-bond acceptors (Lipinski definition) is 6. The second-order valence-electron chi connectivity index (χ2n) is 5.18. The van der Waals surface area contributed by atoms with E-state index in [1.54, 1.807) is 7.11 Å². The Bertz CT molecular complexity index is 780. The number of thioether (sulfide) groups is 1. The number of hydrogen-bond donors (Lipinski definition) is 0. The lowest BCUT2D eigenvalue weighted by atomic mass is 10.2. The summed E-state index contributed by atoms with van der Waals surface area (Å²) in [6.07, 6.45) is 0. The van der Waals surface area contributed by atoms with E-state index in [9.17, 15) is 0 Å². The Morgan fingerprint density at radius 1 is 1.17 bits per heavy atom. The summed E-state index contributed by atoms with van der Waals surface area (Å²) < 4.78 is 12.7. The van der Waals surface area contributed by atoms with Crippen LogP contribution in [0.2, 0.25) is 0 Å². The maximum absolute atomic E-state index is 5.67. The van der Waals surface area contributed by atoms with Crippen molar-refractivity contribution in [3.63, 3.8) is 0 Å². The number of aromatic nitrogens is 4. The van der Waals surface area contributed by atoms with E-state index >= 15 is 0 Å². The smallest absolute Gasteiger partial charge is 0.276 e. The van der Waals surface area contributed by atoms with Crippen LogP contribution >= 0.6 is 11.8 Å². The van der Waals surface area contributed by atoms with Crippen LogP contribution in [0.1, 0.15) is 22.8 Å². The molecule has 23 heavy (non-hydrogen) atoms. The van der Waals surface area contributed by atoms with Gasteiger partial charge in [-0.15, -0.1) is 10.2 Å². The van der Waals surface area contributed by atoms with Crippen molar-refractivity contribution in [2.45, 2.75) is 31.4 Å². The number of aryl methyl sites for hydroxylation is 2. The Morgan fingerprint density at radius 3 is 2.61 bits per heavy atom. The molecule has 120 valence electrons. The average molecular weight is 330 g/mol. The molecular weight excluding hydrogens is 312 g/mol. The van der Waals surface area contributed by atoms with E-state index in [2.05, 4.69) is 15.3 Å². The number of ether oxygens (including phenoxy) is 1. The third-order valence-electron chi connectivity index (χ3n) is 3.36.